The van der Waals surface area contributed by atoms with Gasteiger partial charge in [-0.3, -0.25) is 0 Å². The zero-order valence-electron chi connectivity index (χ0n) is 19.5. The van der Waals surface area contributed by atoms with Gasteiger partial charge in [0.05, 0.1) is 0 Å². The highest BCUT2D eigenvalue weighted by molar-refractivity contribution is 5.68. The van der Waals surface area contributed by atoms with Crippen molar-refractivity contribution < 1.29 is 9.53 Å². The van der Waals surface area contributed by atoms with Crippen molar-refractivity contribution in [2.75, 3.05) is 18.4 Å². The number of carbonyl (C=O) groups is 1. The Morgan fingerprint density at radius 3 is 2.69 bits per heavy atom. The zero-order valence-corrected chi connectivity index (χ0v) is 19.5. The van der Waals surface area contributed by atoms with Crippen LogP contribution < -0.4 is 5.32 Å². The second-order valence-corrected chi connectivity index (χ2v) is 10.6. The molecule has 2 aliphatic heterocycles. The van der Waals surface area contributed by atoms with Crippen LogP contribution in [-0.4, -0.2) is 50.5 Å². The molecule has 172 valence electrons. The monoisotopic (exact) mass is 437 g/mol. The minimum atomic E-state index is -0.461. The van der Waals surface area contributed by atoms with Gasteiger partial charge in [-0.1, -0.05) is 36.8 Å². The molecule has 3 aliphatic rings. The van der Waals surface area contributed by atoms with E-state index >= 15 is 0 Å². The Morgan fingerprint density at radius 1 is 1.09 bits per heavy atom. The third-order valence-corrected chi connectivity index (χ3v) is 7.14. The Hall–Kier alpha value is -2.57. The minimum absolute atomic E-state index is 0.188. The Labute approximate surface area is 190 Å². The Bertz CT molecular complexity index is 951. The van der Waals surface area contributed by atoms with Crippen LogP contribution in [0.3, 0.4) is 0 Å². The third kappa shape index (κ3) is 4.34. The molecule has 3 heterocycles. The number of likely N-dealkylation sites (tertiary alicyclic amines) is 1. The average Bonchev–Trinajstić information content (AvgIpc) is 3.37. The third-order valence-electron chi connectivity index (χ3n) is 7.14. The summed E-state index contributed by atoms with van der Waals surface area (Å²) >= 11 is 0. The van der Waals surface area contributed by atoms with E-state index in [9.17, 15) is 4.79 Å². The average molecular weight is 438 g/mol. The number of rotatable bonds is 3. The van der Waals surface area contributed by atoms with Gasteiger partial charge in [0.2, 0.25) is 5.95 Å². The molecule has 1 N–H and O–H groups in total. The Balaban J connectivity index is 1.30. The number of nitrogens with one attached hydrogen (secondary N) is 1. The van der Waals surface area contributed by atoms with Gasteiger partial charge in [0.15, 0.2) is 0 Å². The van der Waals surface area contributed by atoms with E-state index in [0.717, 1.165) is 50.7 Å². The van der Waals surface area contributed by atoms with Crippen LogP contribution in [0.5, 0.6) is 0 Å². The summed E-state index contributed by atoms with van der Waals surface area (Å²) in [5, 5.41) is 8.49. The summed E-state index contributed by atoms with van der Waals surface area (Å²) in [6.07, 6.45) is 5.48. The maximum Gasteiger partial charge on any atom is 0.410 e. The highest BCUT2D eigenvalue weighted by atomic mass is 16.6. The largest absolute Gasteiger partial charge is 0.444 e. The fourth-order valence-corrected chi connectivity index (χ4v) is 5.71. The number of aromatic nitrogens is 3. The first-order chi connectivity index (χ1) is 15.4. The lowest BCUT2D eigenvalue weighted by molar-refractivity contribution is 0.0284. The molecule has 32 heavy (non-hydrogen) atoms. The van der Waals surface area contributed by atoms with Crippen LogP contribution in [-0.2, 0) is 11.3 Å². The highest BCUT2D eigenvalue weighted by Gasteiger charge is 2.43. The van der Waals surface area contributed by atoms with Gasteiger partial charge in [0.25, 0.3) is 0 Å². The summed E-state index contributed by atoms with van der Waals surface area (Å²) in [5.74, 6) is 3.05. The number of hydrogen-bond acceptors (Lipinski definition) is 5. The first kappa shape index (κ1) is 21.3. The molecule has 2 aromatic rings. The van der Waals surface area contributed by atoms with Gasteiger partial charge in [-0.05, 0) is 57.9 Å². The van der Waals surface area contributed by atoms with E-state index in [-0.39, 0.29) is 6.09 Å². The number of anilines is 1. The van der Waals surface area contributed by atoms with Gasteiger partial charge in [-0.2, -0.15) is 4.98 Å². The smallest absolute Gasteiger partial charge is 0.410 e. The molecule has 1 amide bonds. The van der Waals surface area contributed by atoms with Crippen LogP contribution in [0.4, 0.5) is 10.7 Å². The van der Waals surface area contributed by atoms with Crippen LogP contribution >= 0.6 is 0 Å². The van der Waals surface area contributed by atoms with E-state index in [2.05, 4.69) is 40.3 Å². The van der Waals surface area contributed by atoms with Gasteiger partial charge < -0.3 is 15.0 Å². The lowest BCUT2D eigenvalue weighted by atomic mass is 9.78. The maximum atomic E-state index is 12.6. The molecule has 1 saturated carbocycles. The standard InChI is InChI=1S/C25H35N5O2/c1-25(2,3)32-24(31)29-15-18-11-7-13-21(20(18)16-29)26-23-27-22-19(12-8-14-30(22)28-23)17-9-5-4-6-10-17/h4-6,9-10,18-21H,7-8,11-16H2,1-3H3,(H,26,28)/t18?,19?,20-,21-/m1/s1. The molecule has 1 aliphatic carbocycles. The first-order valence-corrected chi connectivity index (χ1v) is 12.1. The van der Waals surface area contributed by atoms with Gasteiger partial charge in [-0.15, -0.1) is 5.10 Å². The Kier molecular flexibility index (Phi) is 5.59. The molecule has 1 aromatic carbocycles. The molecule has 5 rings (SSSR count). The Morgan fingerprint density at radius 2 is 1.91 bits per heavy atom. The molecule has 7 nitrogen and oxygen atoms in total. The fraction of sp³-hybridized carbons (Fsp3) is 0.640. The summed E-state index contributed by atoms with van der Waals surface area (Å²) in [4.78, 5) is 19.5. The molecule has 0 spiro atoms. The molecule has 4 atom stereocenters. The van der Waals surface area contributed by atoms with Crippen LogP contribution in [0.15, 0.2) is 30.3 Å². The predicted octanol–water partition coefficient (Wildman–Crippen LogP) is 4.65. The van der Waals surface area contributed by atoms with E-state index in [1.807, 2.05) is 25.7 Å². The molecule has 1 aromatic heterocycles. The topological polar surface area (TPSA) is 72.3 Å². The van der Waals surface area contributed by atoms with Gasteiger partial charge >= 0.3 is 6.09 Å². The number of fused-ring (bicyclic) bond motifs is 2. The quantitative estimate of drug-likeness (QED) is 0.757. The van der Waals surface area contributed by atoms with Crippen molar-refractivity contribution in [3.8, 4) is 0 Å². The molecule has 2 fully saturated rings. The number of aryl methyl sites for hydroxylation is 1. The van der Waals surface area contributed by atoms with E-state index in [1.165, 1.54) is 18.4 Å². The molecule has 2 unspecified atom stereocenters. The number of hydrogen-bond donors (Lipinski definition) is 1. The van der Waals surface area contributed by atoms with Crippen molar-refractivity contribution in [1.29, 1.82) is 0 Å². The molecule has 7 heteroatoms. The summed E-state index contributed by atoms with van der Waals surface area (Å²) < 4.78 is 7.72. The second-order valence-electron chi connectivity index (χ2n) is 10.6. The van der Waals surface area contributed by atoms with Crippen molar-refractivity contribution in [3.05, 3.63) is 41.7 Å². The van der Waals surface area contributed by atoms with E-state index in [4.69, 9.17) is 14.8 Å². The lowest BCUT2D eigenvalue weighted by Crippen LogP contribution is -2.39. The number of carbonyl (C=O) groups excluding carboxylic acids is 1. The predicted molar refractivity (Wildman–Crippen MR) is 124 cm³/mol. The van der Waals surface area contributed by atoms with Crippen molar-refractivity contribution in [1.82, 2.24) is 19.7 Å². The van der Waals surface area contributed by atoms with E-state index < -0.39 is 5.60 Å². The normalized spacial score (nSPS) is 27.5. The maximum absolute atomic E-state index is 12.6. The van der Waals surface area contributed by atoms with E-state index in [0.29, 0.717) is 23.8 Å². The number of amides is 1. The van der Waals surface area contributed by atoms with Crippen LogP contribution in [0.25, 0.3) is 0 Å². The summed E-state index contributed by atoms with van der Waals surface area (Å²) in [7, 11) is 0. The summed E-state index contributed by atoms with van der Waals surface area (Å²) in [6, 6.07) is 10.9. The number of ether oxygens (including phenoxy) is 1. The van der Waals surface area contributed by atoms with Gasteiger partial charge in [-0.25, -0.2) is 9.48 Å². The molecule has 0 bridgehead atoms. The second kappa shape index (κ2) is 8.41. The lowest BCUT2D eigenvalue weighted by Gasteiger charge is -2.32. The van der Waals surface area contributed by atoms with Gasteiger partial charge in [0.1, 0.15) is 11.4 Å². The van der Waals surface area contributed by atoms with Crippen LogP contribution in [0, 0.1) is 11.8 Å². The van der Waals surface area contributed by atoms with Crippen molar-refractivity contribution in [2.24, 2.45) is 11.8 Å². The first-order valence-electron chi connectivity index (χ1n) is 12.1. The molecular weight excluding hydrogens is 402 g/mol. The van der Waals surface area contributed by atoms with Crippen LogP contribution in [0.2, 0.25) is 0 Å². The summed E-state index contributed by atoms with van der Waals surface area (Å²) in [6.45, 7) is 8.24. The SMILES string of the molecule is CC(C)(C)OC(=O)N1CC2CCC[C@@H](Nc3nc4n(n3)CCCC4c3ccccc3)[C@@H]2C1. The number of nitrogens with zero attached hydrogens (tertiary/aromatic N) is 4. The number of benzene rings is 1. The van der Waals surface area contributed by atoms with Crippen LogP contribution in [0.1, 0.15) is 70.2 Å². The zero-order chi connectivity index (χ0) is 22.3. The van der Waals surface area contributed by atoms with Crippen molar-refractivity contribution >= 4 is 12.0 Å². The molecule has 0 radical (unpaired) electrons. The fourth-order valence-electron chi connectivity index (χ4n) is 5.71. The minimum Gasteiger partial charge on any atom is -0.444 e. The van der Waals surface area contributed by atoms with Gasteiger partial charge in [0, 0.05) is 37.5 Å². The van der Waals surface area contributed by atoms with Crippen molar-refractivity contribution in [2.45, 2.75) is 77.0 Å². The summed E-state index contributed by atoms with van der Waals surface area (Å²) in [5.41, 5.74) is 0.853. The van der Waals surface area contributed by atoms with Crippen molar-refractivity contribution in [3.63, 3.8) is 0 Å². The van der Waals surface area contributed by atoms with E-state index in [1.54, 1.807) is 0 Å². The highest BCUT2D eigenvalue weighted by Crippen LogP contribution is 2.39. The molecular formula is C25H35N5O2. The molecule has 1 saturated heterocycles.